The van der Waals surface area contributed by atoms with Gasteiger partial charge in [0.2, 0.25) is 6.79 Å². The highest BCUT2D eigenvalue weighted by molar-refractivity contribution is 7.90. The first kappa shape index (κ1) is 22.9. The van der Waals surface area contributed by atoms with Crippen LogP contribution in [0.2, 0.25) is 0 Å². The van der Waals surface area contributed by atoms with Gasteiger partial charge in [-0.05, 0) is 47.9 Å². The highest BCUT2D eigenvalue weighted by Crippen LogP contribution is 2.41. The summed E-state index contributed by atoms with van der Waals surface area (Å²) in [6, 6.07) is 18.4. The summed E-state index contributed by atoms with van der Waals surface area (Å²) in [5.74, 6) is 1.36. The zero-order valence-electron chi connectivity index (χ0n) is 19.5. The second-order valence-corrected chi connectivity index (χ2v) is 10.4. The molecule has 2 heterocycles. The van der Waals surface area contributed by atoms with Crippen molar-refractivity contribution in [1.29, 1.82) is 0 Å². The molecule has 3 aromatic carbocycles. The van der Waals surface area contributed by atoms with Gasteiger partial charge in [0.25, 0.3) is 0 Å². The van der Waals surface area contributed by atoms with E-state index in [0.717, 1.165) is 31.9 Å². The molecule has 0 unspecified atom stereocenters. The van der Waals surface area contributed by atoms with Crippen LogP contribution in [-0.2, 0) is 16.6 Å². The summed E-state index contributed by atoms with van der Waals surface area (Å²) >= 11 is 0. The highest BCUT2D eigenvalue weighted by atomic mass is 32.2. The first-order chi connectivity index (χ1) is 16.7. The molecule has 180 valence electrons. The number of aryl methyl sites for hydroxylation is 1. The number of anilines is 1. The molecule has 1 aromatic heterocycles. The molecule has 0 saturated carbocycles. The molecule has 0 atom stereocenters. The summed E-state index contributed by atoms with van der Waals surface area (Å²) in [5.41, 5.74) is 4.33. The second-order valence-electron chi connectivity index (χ2n) is 8.51. The van der Waals surface area contributed by atoms with Crippen LogP contribution in [-0.4, -0.2) is 33.6 Å². The molecule has 0 radical (unpaired) electrons. The molecule has 1 aliphatic heterocycles. The summed E-state index contributed by atoms with van der Waals surface area (Å²) in [4.78, 5) is 13.0. The van der Waals surface area contributed by atoms with E-state index in [1.54, 1.807) is 18.2 Å². The van der Waals surface area contributed by atoms with Gasteiger partial charge in [-0.3, -0.25) is 4.72 Å². The number of benzene rings is 3. The maximum Gasteiger partial charge on any atom is 0.340 e. The van der Waals surface area contributed by atoms with Gasteiger partial charge in [-0.15, -0.1) is 0 Å². The normalized spacial score (nSPS) is 12.9. The Balaban J connectivity index is 1.49. The van der Waals surface area contributed by atoms with Crippen molar-refractivity contribution in [3.05, 3.63) is 87.8 Å². The van der Waals surface area contributed by atoms with Crippen molar-refractivity contribution in [1.82, 2.24) is 4.31 Å². The molecule has 0 aliphatic carbocycles. The molecular weight excluding hydrogens is 468 g/mol. The molecule has 0 saturated heterocycles. The zero-order chi connectivity index (χ0) is 24.7. The van der Waals surface area contributed by atoms with Crippen LogP contribution < -0.4 is 19.8 Å². The Morgan fingerprint density at radius 1 is 1.00 bits per heavy atom. The third kappa shape index (κ3) is 4.36. The fourth-order valence-electron chi connectivity index (χ4n) is 4.11. The number of nitrogens with zero attached hydrogens (tertiary/aromatic N) is 1. The number of nitrogens with one attached hydrogen (secondary N) is 1. The van der Waals surface area contributed by atoms with E-state index in [4.69, 9.17) is 13.9 Å². The maximum atomic E-state index is 13.0. The van der Waals surface area contributed by atoms with Crippen molar-refractivity contribution in [2.45, 2.75) is 13.3 Å². The van der Waals surface area contributed by atoms with Gasteiger partial charge >= 0.3 is 15.8 Å². The Labute approximate surface area is 202 Å². The third-order valence-electron chi connectivity index (χ3n) is 6.03. The van der Waals surface area contributed by atoms with Crippen molar-refractivity contribution in [3.63, 3.8) is 0 Å². The second kappa shape index (κ2) is 8.75. The molecular formula is C26H24N2O6S. The van der Waals surface area contributed by atoms with E-state index in [1.165, 1.54) is 14.1 Å². The lowest BCUT2D eigenvalue weighted by Gasteiger charge is -2.14. The van der Waals surface area contributed by atoms with Crippen LogP contribution in [0.25, 0.3) is 22.1 Å². The molecule has 1 aliphatic rings. The van der Waals surface area contributed by atoms with E-state index >= 15 is 0 Å². The Bertz CT molecular complexity index is 1610. The molecule has 0 amide bonds. The molecule has 0 fully saturated rings. The lowest BCUT2D eigenvalue weighted by atomic mass is 9.97. The van der Waals surface area contributed by atoms with Crippen molar-refractivity contribution in [2.75, 3.05) is 25.6 Å². The van der Waals surface area contributed by atoms with Crippen LogP contribution in [0.15, 0.2) is 69.9 Å². The standard InChI is InChI=1S/C26H24N2O6S/c1-16-20-11-10-18(21-8-5-9-23-25(21)33-15-32-23)14-24(20)34-26(29)22(16)13-17-6-4-7-19(12-17)27-35(30,31)28(2)3/h4-12,14,27H,13,15H2,1-3H3. The van der Waals surface area contributed by atoms with Gasteiger partial charge in [-0.1, -0.05) is 36.4 Å². The lowest BCUT2D eigenvalue weighted by Crippen LogP contribution is -2.28. The van der Waals surface area contributed by atoms with Crippen LogP contribution in [0.5, 0.6) is 11.5 Å². The van der Waals surface area contributed by atoms with Crippen LogP contribution in [0, 0.1) is 6.92 Å². The summed E-state index contributed by atoms with van der Waals surface area (Å²) in [7, 11) is -0.728. The van der Waals surface area contributed by atoms with Crippen LogP contribution in [0.1, 0.15) is 16.7 Å². The molecule has 8 nitrogen and oxygen atoms in total. The van der Waals surface area contributed by atoms with Crippen LogP contribution in [0.4, 0.5) is 5.69 Å². The average molecular weight is 493 g/mol. The molecule has 9 heteroatoms. The number of fused-ring (bicyclic) bond motifs is 2. The van der Waals surface area contributed by atoms with Crippen LogP contribution >= 0.6 is 0 Å². The van der Waals surface area contributed by atoms with Gasteiger partial charge < -0.3 is 13.9 Å². The molecule has 0 spiro atoms. The first-order valence-corrected chi connectivity index (χ1v) is 12.4. The van der Waals surface area contributed by atoms with E-state index in [-0.39, 0.29) is 6.79 Å². The number of rotatable bonds is 6. The van der Waals surface area contributed by atoms with E-state index in [9.17, 15) is 13.2 Å². The Hall–Kier alpha value is -3.82. The van der Waals surface area contributed by atoms with E-state index in [0.29, 0.717) is 34.8 Å². The van der Waals surface area contributed by atoms with Crippen molar-refractivity contribution < 1.29 is 22.3 Å². The van der Waals surface area contributed by atoms with Gasteiger partial charge in [0.15, 0.2) is 11.5 Å². The highest BCUT2D eigenvalue weighted by Gasteiger charge is 2.20. The van der Waals surface area contributed by atoms with Gasteiger partial charge in [0.05, 0.1) is 5.69 Å². The zero-order valence-corrected chi connectivity index (χ0v) is 20.3. The minimum atomic E-state index is -3.63. The third-order valence-corrected chi connectivity index (χ3v) is 7.49. The Morgan fingerprint density at radius 2 is 1.80 bits per heavy atom. The van der Waals surface area contributed by atoms with Gasteiger partial charge in [-0.25, -0.2) is 4.79 Å². The predicted molar refractivity (Wildman–Crippen MR) is 134 cm³/mol. The smallest absolute Gasteiger partial charge is 0.340 e. The number of hydrogen-bond acceptors (Lipinski definition) is 6. The van der Waals surface area contributed by atoms with E-state index in [1.807, 2.05) is 49.4 Å². The Morgan fingerprint density at radius 3 is 2.60 bits per heavy atom. The number of hydrogen-bond donors (Lipinski definition) is 1. The fraction of sp³-hybridized carbons (Fsp3) is 0.192. The summed E-state index contributed by atoms with van der Waals surface area (Å²) in [6.07, 6.45) is 0.306. The SMILES string of the molecule is Cc1c(Cc2cccc(NS(=O)(=O)N(C)C)c2)c(=O)oc2cc(-c3cccc4c3OCO4)ccc12. The fourth-order valence-corrected chi connectivity index (χ4v) is 4.72. The van der Waals surface area contributed by atoms with Crippen molar-refractivity contribution >= 4 is 26.9 Å². The summed E-state index contributed by atoms with van der Waals surface area (Å²) in [5, 5.41) is 0.831. The average Bonchev–Trinajstić information content (AvgIpc) is 3.30. The van der Waals surface area contributed by atoms with Crippen molar-refractivity contribution in [2.24, 2.45) is 0 Å². The number of para-hydroxylation sites is 1. The lowest BCUT2D eigenvalue weighted by molar-refractivity contribution is 0.174. The summed E-state index contributed by atoms with van der Waals surface area (Å²) < 4.78 is 44.7. The van der Waals surface area contributed by atoms with E-state index < -0.39 is 15.8 Å². The van der Waals surface area contributed by atoms with E-state index in [2.05, 4.69) is 4.72 Å². The molecule has 1 N–H and O–H groups in total. The largest absolute Gasteiger partial charge is 0.454 e. The molecule has 4 aromatic rings. The van der Waals surface area contributed by atoms with Gasteiger partial charge in [0.1, 0.15) is 5.58 Å². The first-order valence-electron chi connectivity index (χ1n) is 11.0. The topological polar surface area (TPSA) is 98.1 Å². The minimum Gasteiger partial charge on any atom is -0.454 e. The predicted octanol–water partition coefficient (Wildman–Crippen LogP) is 4.31. The van der Waals surface area contributed by atoms with Gasteiger partial charge in [-0.2, -0.15) is 12.7 Å². The van der Waals surface area contributed by atoms with Crippen molar-refractivity contribution in [3.8, 4) is 22.6 Å². The molecule has 5 rings (SSSR count). The molecule has 35 heavy (non-hydrogen) atoms. The number of ether oxygens (including phenoxy) is 2. The maximum absolute atomic E-state index is 13.0. The minimum absolute atomic E-state index is 0.176. The monoisotopic (exact) mass is 492 g/mol. The quantitative estimate of drug-likeness (QED) is 0.403. The Kier molecular flexibility index (Phi) is 5.74. The van der Waals surface area contributed by atoms with Crippen LogP contribution in [0.3, 0.4) is 0 Å². The summed E-state index contributed by atoms with van der Waals surface area (Å²) in [6.45, 7) is 2.07. The van der Waals surface area contributed by atoms with Gasteiger partial charge in [0, 0.05) is 37.0 Å². The molecule has 0 bridgehead atoms.